The average Bonchev–Trinajstić information content (AvgIpc) is 3.15. The summed E-state index contributed by atoms with van der Waals surface area (Å²) in [5, 5.41) is 24.0. The van der Waals surface area contributed by atoms with Gasteiger partial charge in [-0.25, -0.2) is 9.67 Å². The lowest BCUT2D eigenvalue weighted by Gasteiger charge is -2.19. The lowest BCUT2D eigenvalue weighted by atomic mass is 9.99. The predicted molar refractivity (Wildman–Crippen MR) is 55.3 cm³/mol. The fraction of sp³-hybridized carbons (Fsp3) is 0.700. The van der Waals surface area contributed by atoms with Crippen molar-refractivity contribution in [2.45, 2.75) is 36.9 Å². The van der Waals surface area contributed by atoms with Gasteiger partial charge in [-0.2, -0.15) is 0 Å². The van der Waals surface area contributed by atoms with Gasteiger partial charge in [-0.1, -0.05) is 0 Å². The number of primary amides is 1. The van der Waals surface area contributed by atoms with Crippen LogP contribution in [-0.4, -0.2) is 55.3 Å². The van der Waals surface area contributed by atoms with Crippen LogP contribution in [0.5, 0.6) is 0 Å². The highest BCUT2D eigenvalue weighted by Gasteiger charge is 2.86. The van der Waals surface area contributed by atoms with Crippen LogP contribution in [0.15, 0.2) is 6.33 Å². The summed E-state index contributed by atoms with van der Waals surface area (Å²) in [6.45, 7) is 0. The van der Waals surface area contributed by atoms with Gasteiger partial charge in [0, 0.05) is 0 Å². The van der Waals surface area contributed by atoms with Crippen LogP contribution in [-0.2, 0) is 4.74 Å². The molecule has 3 fully saturated rings. The number of ether oxygens (including phenoxy) is 1. The third-order valence-corrected chi connectivity index (χ3v) is 4.34. The Balaban J connectivity index is 1.63. The molecule has 1 saturated heterocycles. The fourth-order valence-corrected chi connectivity index (χ4v) is 3.18. The number of epoxide rings is 1. The summed E-state index contributed by atoms with van der Waals surface area (Å²) in [6, 6.07) is -0.392. The lowest BCUT2D eigenvalue weighted by Crippen LogP contribution is -2.34. The minimum Gasteiger partial charge on any atom is -0.390 e. The molecule has 5 unspecified atom stereocenters. The number of amides is 1. The number of carbonyl (C=O) groups is 1. The fourth-order valence-electron chi connectivity index (χ4n) is 3.18. The van der Waals surface area contributed by atoms with Crippen LogP contribution >= 0.6 is 0 Å². The third kappa shape index (κ3) is 1.03. The summed E-state index contributed by atoms with van der Waals surface area (Å²) in [4.78, 5) is 14.7. The van der Waals surface area contributed by atoms with E-state index in [2.05, 4.69) is 10.1 Å². The van der Waals surface area contributed by atoms with Gasteiger partial charge >= 0.3 is 0 Å². The number of hydrogen-bond donors (Lipinski definition) is 3. The van der Waals surface area contributed by atoms with Crippen molar-refractivity contribution in [1.82, 2.24) is 14.8 Å². The van der Waals surface area contributed by atoms with Crippen molar-refractivity contribution in [3.8, 4) is 0 Å². The van der Waals surface area contributed by atoms with E-state index >= 15 is 0 Å². The van der Waals surface area contributed by atoms with Crippen molar-refractivity contribution >= 4 is 5.91 Å². The summed E-state index contributed by atoms with van der Waals surface area (Å²) in [7, 11) is 0. The SMILES string of the molecule is NC(=O)c1ncn(C2CC3(C(O)C2O)C2OC23)n1. The molecule has 18 heavy (non-hydrogen) atoms. The Kier molecular flexibility index (Phi) is 1.68. The zero-order valence-electron chi connectivity index (χ0n) is 9.30. The summed E-state index contributed by atoms with van der Waals surface area (Å²) >= 11 is 0. The number of rotatable bonds is 2. The first-order valence-corrected chi connectivity index (χ1v) is 5.78. The number of aliphatic hydroxyl groups is 2. The summed E-state index contributed by atoms with van der Waals surface area (Å²) in [5.74, 6) is -0.802. The summed E-state index contributed by atoms with van der Waals surface area (Å²) in [5.41, 5.74) is 4.76. The second kappa shape index (κ2) is 2.90. The van der Waals surface area contributed by atoms with Gasteiger partial charge in [0.2, 0.25) is 5.82 Å². The van der Waals surface area contributed by atoms with Gasteiger partial charge in [-0.15, -0.1) is 5.10 Å². The molecular weight excluding hydrogens is 240 g/mol. The highest BCUT2D eigenvalue weighted by molar-refractivity contribution is 5.88. The zero-order chi connectivity index (χ0) is 12.7. The number of fused-ring (bicyclic) bond motifs is 3. The maximum atomic E-state index is 10.9. The molecule has 1 amide bonds. The maximum absolute atomic E-state index is 10.9. The summed E-state index contributed by atoms with van der Waals surface area (Å²) < 4.78 is 6.60. The van der Waals surface area contributed by atoms with E-state index in [0.717, 1.165) is 0 Å². The number of nitrogens with two attached hydrogens (primary N) is 1. The van der Waals surface area contributed by atoms with Gasteiger partial charge in [0.15, 0.2) is 0 Å². The van der Waals surface area contributed by atoms with Crippen LogP contribution in [0.2, 0.25) is 0 Å². The molecule has 5 atom stereocenters. The molecule has 96 valence electrons. The van der Waals surface area contributed by atoms with Crippen LogP contribution in [0.1, 0.15) is 23.1 Å². The van der Waals surface area contributed by atoms with Crippen molar-refractivity contribution in [3.63, 3.8) is 0 Å². The smallest absolute Gasteiger partial charge is 0.288 e. The van der Waals surface area contributed by atoms with Crippen LogP contribution in [0.3, 0.4) is 0 Å². The van der Waals surface area contributed by atoms with E-state index < -0.39 is 24.2 Å². The van der Waals surface area contributed by atoms with Gasteiger partial charge in [-0.05, 0) is 6.42 Å². The first-order valence-electron chi connectivity index (χ1n) is 5.78. The maximum Gasteiger partial charge on any atom is 0.288 e. The molecule has 2 aliphatic carbocycles. The largest absolute Gasteiger partial charge is 0.390 e. The second-order valence-electron chi connectivity index (χ2n) is 5.21. The predicted octanol–water partition coefficient (Wildman–Crippen LogP) is -2.19. The Morgan fingerprint density at radius 1 is 1.56 bits per heavy atom. The first-order chi connectivity index (χ1) is 8.55. The van der Waals surface area contributed by atoms with Crippen LogP contribution < -0.4 is 5.73 Å². The first kappa shape index (κ1) is 10.4. The van der Waals surface area contributed by atoms with E-state index in [1.54, 1.807) is 0 Å². The molecule has 1 spiro atoms. The Hall–Kier alpha value is -1.51. The number of carbonyl (C=O) groups excluding carboxylic acids is 1. The molecule has 4 N–H and O–H groups in total. The monoisotopic (exact) mass is 252 g/mol. The molecule has 0 aromatic carbocycles. The number of aliphatic hydroxyl groups excluding tert-OH is 2. The molecule has 1 aromatic rings. The second-order valence-corrected chi connectivity index (χ2v) is 5.21. The minimum atomic E-state index is -0.927. The molecular formula is C10H12N4O4. The van der Waals surface area contributed by atoms with Gasteiger partial charge in [0.1, 0.15) is 12.4 Å². The molecule has 2 saturated carbocycles. The topological polar surface area (TPSA) is 127 Å². The average molecular weight is 252 g/mol. The van der Waals surface area contributed by atoms with Crippen molar-refractivity contribution in [3.05, 3.63) is 12.2 Å². The van der Waals surface area contributed by atoms with Crippen molar-refractivity contribution in [2.24, 2.45) is 11.1 Å². The van der Waals surface area contributed by atoms with Crippen LogP contribution in [0.4, 0.5) is 0 Å². The molecule has 3 aliphatic rings. The van der Waals surface area contributed by atoms with Crippen molar-refractivity contribution in [2.75, 3.05) is 0 Å². The Morgan fingerprint density at radius 3 is 2.72 bits per heavy atom. The van der Waals surface area contributed by atoms with Gasteiger partial charge in [0.05, 0.1) is 29.8 Å². The number of aromatic nitrogens is 3. The number of hydrogen-bond acceptors (Lipinski definition) is 6. The Morgan fingerprint density at radius 2 is 2.28 bits per heavy atom. The van der Waals surface area contributed by atoms with E-state index in [9.17, 15) is 15.0 Å². The van der Waals surface area contributed by atoms with E-state index in [1.807, 2.05) is 0 Å². The van der Waals surface area contributed by atoms with E-state index in [-0.39, 0.29) is 23.4 Å². The molecule has 0 bridgehead atoms. The van der Waals surface area contributed by atoms with E-state index in [1.165, 1.54) is 11.0 Å². The van der Waals surface area contributed by atoms with E-state index in [0.29, 0.717) is 6.42 Å². The lowest BCUT2D eigenvalue weighted by molar-refractivity contribution is -0.0408. The molecule has 8 nitrogen and oxygen atoms in total. The van der Waals surface area contributed by atoms with Crippen LogP contribution in [0.25, 0.3) is 0 Å². The minimum absolute atomic E-state index is 0.0753. The highest BCUT2D eigenvalue weighted by Crippen LogP contribution is 2.73. The normalized spacial score (nSPS) is 48.2. The van der Waals surface area contributed by atoms with E-state index in [4.69, 9.17) is 10.5 Å². The van der Waals surface area contributed by atoms with Gasteiger partial charge < -0.3 is 20.7 Å². The molecule has 8 heteroatoms. The molecule has 2 heterocycles. The van der Waals surface area contributed by atoms with Crippen molar-refractivity contribution < 1.29 is 19.7 Å². The third-order valence-electron chi connectivity index (χ3n) is 4.34. The van der Waals surface area contributed by atoms with Gasteiger partial charge in [0.25, 0.3) is 5.91 Å². The standard InChI is InChI=1S/C10H12N4O4/c11-8(17)9-12-2-14(13-9)3-1-10(5(16)4(3)15)6-7(10)18-6/h2-7,15-16H,1H2,(H2,11,17). The zero-order valence-corrected chi connectivity index (χ0v) is 9.30. The molecule has 1 aliphatic heterocycles. The quantitative estimate of drug-likeness (QED) is 0.513. The van der Waals surface area contributed by atoms with Gasteiger partial charge in [-0.3, -0.25) is 4.79 Å². The number of nitrogens with zero attached hydrogens (tertiary/aromatic N) is 3. The van der Waals surface area contributed by atoms with Crippen LogP contribution in [0, 0.1) is 5.41 Å². The summed E-state index contributed by atoms with van der Waals surface area (Å²) in [6.07, 6.45) is 0.342. The van der Waals surface area contributed by atoms with Crippen molar-refractivity contribution in [1.29, 1.82) is 0 Å². The molecule has 1 aromatic heterocycles. The molecule has 4 rings (SSSR count). The highest BCUT2D eigenvalue weighted by atomic mass is 16.6. The molecule has 0 radical (unpaired) electrons. The Bertz CT molecular complexity index is 536. The Labute approximate surface area is 101 Å².